The van der Waals surface area contributed by atoms with Gasteiger partial charge in [-0.1, -0.05) is 12.1 Å². The highest BCUT2D eigenvalue weighted by Crippen LogP contribution is 2.34. The molecule has 2 saturated heterocycles. The second-order valence-electron chi connectivity index (χ2n) is 6.73. The van der Waals surface area contributed by atoms with Crippen molar-refractivity contribution in [2.24, 2.45) is 5.14 Å². The van der Waals surface area contributed by atoms with Gasteiger partial charge < -0.3 is 14.8 Å². The lowest BCUT2D eigenvalue weighted by molar-refractivity contribution is -0.140. The SMILES string of the molecule is NS(=O)(=O)c1ccc(CCN[C@@H]2CCOC3(CCOCC3)C2)cc1. The second kappa shape index (κ2) is 7.49. The molecule has 2 heterocycles. The highest BCUT2D eigenvalue weighted by molar-refractivity contribution is 7.89. The van der Waals surface area contributed by atoms with Gasteiger partial charge in [0.1, 0.15) is 0 Å². The van der Waals surface area contributed by atoms with Gasteiger partial charge in [0.25, 0.3) is 0 Å². The Hall–Kier alpha value is -0.990. The smallest absolute Gasteiger partial charge is 0.238 e. The van der Waals surface area contributed by atoms with E-state index in [2.05, 4.69) is 5.32 Å². The fourth-order valence-corrected chi connectivity index (χ4v) is 4.08. The number of ether oxygens (including phenoxy) is 2. The first-order valence-corrected chi connectivity index (χ1v) is 10.1. The zero-order valence-corrected chi connectivity index (χ0v) is 14.7. The summed E-state index contributed by atoms with van der Waals surface area (Å²) in [4.78, 5) is 0.157. The van der Waals surface area contributed by atoms with E-state index < -0.39 is 10.0 Å². The Morgan fingerprint density at radius 2 is 1.88 bits per heavy atom. The second-order valence-corrected chi connectivity index (χ2v) is 8.29. The van der Waals surface area contributed by atoms with Gasteiger partial charge in [-0.3, -0.25) is 0 Å². The third-order valence-corrected chi connectivity index (χ3v) is 5.92. The quantitative estimate of drug-likeness (QED) is 0.829. The standard InChI is InChI=1S/C17H26N2O4S/c18-24(20,21)16-3-1-14(2-4-16)5-9-19-15-6-10-23-17(13-15)7-11-22-12-8-17/h1-4,15,19H,5-13H2,(H2,18,20,21)/t15-/m1/s1. The van der Waals surface area contributed by atoms with Crippen molar-refractivity contribution in [3.05, 3.63) is 29.8 Å². The lowest BCUT2D eigenvalue weighted by Gasteiger charge is -2.43. The monoisotopic (exact) mass is 354 g/mol. The number of hydrogen-bond acceptors (Lipinski definition) is 5. The molecular weight excluding hydrogens is 328 g/mol. The molecule has 0 radical (unpaired) electrons. The van der Waals surface area contributed by atoms with Crippen molar-refractivity contribution in [3.8, 4) is 0 Å². The fraction of sp³-hybridized carbons (Fsp3) is 0.647. The molecule has 0 aromatic heterocycles. The van der Waals surface area contributed by atoms with E-state index in [0.717, 1.165) is 64.0 Å². The number of nitrogens with one attached hydrogen (secondary N) is 1. The fourth-order valence-electron chi connectivity index (χ4n) is 3.56. The first-order valence-electron chi connectivity index (χ1n) is 8.54. The highest BCUT2D eigenvalue weighted by atomic mass is 32.2. The number of nitrogens with two attached hydrogens (primary N) is 1. The maximum Gasteiger partial charge on any atom is 0.238 e. The molecule has 0 amide bonds. The minimum atomic E-state index is -3.61. The van der Waals surface area contributed by atoms with E-state index in [9.17, 15) is 8.42 Å². The van der Waals surface area contributed by atoms with Crippen LogP contribution in [0.3, 0.4) is 0 Å². The van der Waals surface area contributed by atoms with Gasteiger partial charge in [-0.2, -0.15) is 0 Å². The van der Waals surface area contributed by atoms with Crippen LogP contribution in [-0.4, -0.2) is 46.4 Å². The molecule has 3 rings (SSSR count). The molecule has 0 saturated carbocycles. The Bertz CT molecular complexity index is 634. The molecule has 1 spiro atoms. The van der Waals surface area contributed by atoms with Crippen LogP contribution in [0.5, 0.6) is 0 Å². The van der Waals surface area contributed by atoms with Crippen LogP contribution in [0.1, 0.15) is 31.2 Å². The third kappa shape index (κ3) is 4.55. The van der Waals surface area contributed by atoms with E-state index in [1.807, 2.05) is 12.1 Å². The molecule has 0 aliphatic carbocycles. The van der Waals surface area contributed by atoms with Crippen LogP contribution in [-0.2, 0) is 25.9 Å². The molecule has 0 bridgehead atoms. The molecule has 2 aliphatic heterocycles. The summed E-state index contributed by atoms with van der Waals surface area (Å²) < 4.78 is 34.0. The summed E-state index contributed by atoms with van der Waals surface area (Å²) in [5, 5.41) is 8.73. The summed E-state index contributed by atoms with van der Waals surface area (Å²) >= 11 is 0. The van der Waals surface area contributed by atoms with Crippen molar-refractivity contribution in [1.82, 2.24) is 5.32 Å². The summed E-state index contributed by atoms with van der Waals surface area (Å²) in [5.74, 6) is 0. The Kier molecular flexibility index (Phi) is 5.56. The molecule has 134 valence electrons. The van der Waals surface area contributed by atoms with Crippen molar-refractivity contribution < 1.29 is 17.9 Å². The number of hydrogen-bond donors (Lipinski definition) is 2. The van der Waals surface area contributed by atoms with Crippen LogP contribution >= 0.6 is 0 Å². The molecule has 7 heteroatoms. The van der Waals surface area contributed by atoms with E-state index in [1.54, 1.807) is 12.1 Å². The zero-order valence-electron chi connectivity index (χ0n) is 13.9. The summed E-state index contributed by atoms with van der Waals surface area (Å²) in [6.45, 7) is 3.26. The molecule has 3 N–H and O–H groups in total. The van der Waals surface area contributed by atoms with E-state index in [-0.39, 0.29) is 10.5 Å². The number of benzene rings is 1. The zero-order chi connectivity index (χ0) is 17.0. The van der Waals surface area contributed by atoms with Crippen molar-refractivity contribution in [2.45, 2.75) is 48.6 Å². The van der Waals surface area contributed by atoms with Crippen LogP contribution in [0, 0.1) is 0 Å². The van der Waals surface area contributed by atoms with Crippen LogP contribution in [0.2, 0.25) is 0 Å². The number of primary sulfonamides is 1. The molecule has 6 nitrogen and oxygen atoms in total. The Labute approximate surface area is 143 Å². The molecular formula is C17H26N2O4S. The largest absolute Gasteiger partial charge is 0.381 e. The maximum absolute atomic E-state index is 11.3. The van der Waals surface area contributed by atoms with Gasteiger partial charge in [0.2, 0.25) is 10.0 Å². The number of sulfonamides is 1. The average Bonchev–Trinajstić information content (AvgIpc) is 2.55. The van der Waals surface area contributed by atoms with Gasteiger partial charge in [-0.15, -0.1) is 0 Å². The van der Waals surface area contributed by atoms with E-state index in [1.165, 1.54) is 0 Å². The predicted octanol–water partition coefficient (Wildman–Crippen LogP) is 1.19. The van der Waals surface area contributed by atoms with E-state index in [4.69, 9.17) is 14.6 Å². The van der Waals surface area contributed by atoms with Gasteiger partial charge in [-0.05, 0) is 56.3 Å². The minimum absolute atomic E-state index is 0.00526. The van der Waals surface area contributed by atoms with E-state index >= 15 is 0 Å². The summed E-state index contributed by atoms with van der Waals surface area (Å²) in [7, 11) is -3.61. The summed E-state index contributed by atoms with van der Waals surface area (Å²) in [6.07, 6.45) is 4.91. The summed E-state index contributed by atoms with van der Waals surface area (Å²) in [6, 6.07) is 7.25. The van der Waals surface area contributed by atoms with Crippen molar-refractivity contribution in [1.29, 1.82) is 0 Å². The van der Waals surface area contributed by atoms with Crippen molar-refractivity contribution in [3.63, 3.8) is 0 Å². The first kappa shape index (κ1) is 17.8. The van der Waals surface area contributed by atoms with Gasteiger partial charge in [-0.25, -0.2) is 13.6 Å². The van der Waals surface area contributed by atoms with Crippen LogP contribution in [0.4, 0.5) is 0 Å². The third-order valence-electron chi connectivity index (χ3n) is 5.00. The molecule has 2 fully saturated rings. The van der Waals surface area contributed by atoms with Gasteiger partial charge in [0.15, 0.2) is 0 Å². The van der Waals surface area contributed by atoms with Gasteiger partial charge in [0, 0.05) is 25.9 Å². The van der Waals surface area contributed by atoms with Crippen LogP contribution < -0.4 is 10.5 Å². The Balaban J connectivity index is 1.47. The predicted molar refractivity (Wildman–Crippen MR) is 91.3 cm³/mol. The lowest BCUT2D eigenvalue weighted by Crippen LogP contribution is -2.50. The van der Waals surface area contributed by atoms with Crippen LogP contribution in [0.15, 0.2) is 29.2 Å². The normalized spacial score (nSPS) is 24.1. The molecule has 24 heavy (non-hydrogen) atoms. The first-order chi connectivity index (χ1) is 11.5. The molecule has 1 aromatic carbocycles. The summed E-state index contributed by atoms with van der Waals surface area (Å²) in [5.41, 5.74) is 1.11. The van der Waals surface area contributed by atoms with Crippen molar-refractivity contribution in [2.75, 3.05) is 26.4 Å². The average molecular weight is 354 g/mol. The van der Waals surface area contributed by atoms with Gasteiger partial charge in [0.05, 0.1) is 10.5 Å². The van der Waals surface area contributed by atoms with E-state index in [0.29, 0.717) is 6.04 Å². The Morgan fingerprint density at radius 1 is 1.17 bits per heavy atom. The topological polar surface area (TPSA) is 90.7 Å². The molecule has 2 aliphatic rings. The maximum atomic E-state index is 11.3. The molecule has 0 unspecified atom stereocenters. The lowest BCUT2D eigenvalue weighted by atomic mass is 9.84. The van der Waals surface area contributed by atoms with Crippen molar-refractivity contribution >= 4 is 10.0 Å². The molecule has 1 atom stereocenters. The Morgan fingerprint density at radius 3 is 2.54 bits per heavy atom. The molecule has 1 aromatic rings. The number of rotatable bonds is 5. The van der Waals surface area contributed by atoms with Gasteiger partial charge >= 0.3 is 0 Å². The van der Waals surface area contributed by atoms with Crippen LogP contribution in [0.25, 0.3) is 0 Å². The highest BCUT2D eigenvalue weighted by Gasteiger charge is 2.38. The minimum Gasteiger partial charge on any atom is -0.381 e.